The van der Waals surface area contributed by atoms with Crippen LogP contribution < -0.4 is 0 Å². The first kappa shape index (κ1) is 94.4. The molecule has 4 saturated heterocycles. The zero-order valence-corrected chi connectivity index (χ0v) is 67.7. The standard InChI is InChI=1S/C48H72O14.C19H36O4.C19H34O4/c1-11-25(2)43-28(5)17-18-47(62-43)23-34-20-33(61-47)16-15-27(4)42(26(3)13-12-14-32-24-55-45-40(49)29(6)19-35(46(51)58-34)48(32,45)52)59-39-22-37(54-10)44(31(8)57-39)60-38-21-36(53-9)41(50)30(7)56-38;2*1-3-4-5-6-7-8-9-10-11-12-13-14-18(21)15-19(22)16-23-17(2)20/h12-15,17-19,25-26,28,30-31,33-45,49-50,52H,11,16,20-24H2,1-10H3;3,18-19,21-22H,1,4-16H2,2H3;1,18-19,21-22H,4-16H2,2H3. The Morgan fingerprint density at radius 3 is 1.81 bits per heavy atom. The summed E-state index contributed by atoms with van der Waals surface area (Å²) in [6.45, 7) is 22.4. The number of carbonyl (C=O) groups excluding carboxylic acids is 3. The maximum Gasteiger partial charge on any atom is 0.316 e. The molecule has 0 amide bonds. The minimum absolute atomic E-state index is 0.0286. The molecule has 22 nitrogen and oxygen atoms in total. The predicted molar refractivity (Wildman–Crippen MR) is 414 cm³/mol. The van der Waals surface area contributed by atoms with Crippen molar-refractivity contribution in [1.29, 1.82) is 0 Å². The summed E-state index contributed by atoms with van der Waals surface area (Å²) in [6, 6.07) is 0. The van der Waals surface area contributed by atoms with Gasteiger partial charge in [-0.1, -0.05) is 179 Å². The second-order valence-corrected chi connectivity index (χ2v) is 31.6. The zero-order valence-electron chi connectivity index (χ0n) is 67.7. The molecule has 2 bridgehead atoms. The summed E-state index contributed by atoms with van der Waals surface area (Å²) >= 11 is 0. The molecule has 7 rings (SSSR count). The average molecular weight is 1530 g/mol. The predicted octanol–water partition coefficient (Wildman–Crippen LogP) is 13.1. The number of unbranched alkanes of at least 4 members (excludes halogenated alkanes) is 18. The topological polar surface area (TPSA) is 304 Å². The number of ether oxygens (including phenoxy) is 12. The molecule has 7 aliphatic rings. The van der Waals surface area contributed by atoms with Crippen molar-refractivity contribution in [3.63, 3.8) is 0 Å². The maximum atomic E-state index is 14.3. The summed E-state index contributed by atoms with van der Waals surface area (Å²) < 4.78 is 73.1. The van der Waals surface area contributed by atoms with Crippen molar-refractivity contribution in [1.82, 2.24) is 0 Å². The van der Waals surface area contributed by atoms with Gasteiger partial charge in [0.1, 0.15) is 55.3 Å². The third-order valence-corrected chi connectivity index (χ3v) is 22.4. The molecule has 7 N–H and O–H groups in total. The first-order chi connectivity index (χ1) is 51.6. The van der Waals surface area contributed by atoms with Crippen LogP contribution in [-0.4, -0.2) is 209 Å². The molecule has 4 fully saturated rings. The van der Waals surface area contributed by atoms with Crippen LogP contribution in [0.15, 0.2) is 71.9 Å². The molecule has 0 aromatic rings. The highest BCUT2D eigenvalue weighted by Gasteiger charge is 2.60. The van der Waals surface area contributed by atoms with E-state index < -0.39 is 127 Å². The summed E-state index contributed by atoms with van der Waals surface area (Å²) in [5.41, 5.74) is 0.134. The molecule has 618 valence electrons. The third kappa shape index (κ3) is 31.6. The number of carbonyl (C=O) groups is 3. The number of rotatable bonds is 39. The monoisotopic (exact) mass is 1530 g/mol. The van der Waals surface area contributed by atoms with Gasteiger partial charge >= 0.3 is 17.9 Å². The quantitative estimate of drug-likeness (QED) is 0.00989. The molecule has 0 radical (unpaired) electrons. The normalized spacial score (nSPS) is 32.7. The van der Waals surface area contributed by atoms with Crippen LogP contribution in [0, 0.1) is 36.0 Å². The van der Waals surface area contributed by atoms with Gasteiger partial charge in [0.05, 0.1) is 73.8 Å². The van der Waals surface area contributed by atoms with E-state index in [1.165, 1.54) is 97.3 Å². The Morgan fingerprint density at radius 2 is 1.25 bits per heavy atom. The number of hydrogen-bond donors (Lipinski definition) is 7. The Hall–Kier alpha value is -4.23. The molecule has 1 spiro atoms. The van der Waals surface area contributed by atoms with E-state index in [-0.39, 0.29) is 68.7 Å². The van der Waals surface area contributed by atoms with Crippen molar-refractivity contribution in [2.45, 2.75) is 383 Å². The van der Waals surface area contributed by atoms with Crippen LogP contribution in [0.2, 0.25) is 0 Å². The fourth-order valence-electron chi connectivity index (χ4n) is 15.7. The van der Waals surface area contributed by atoms with Gasteiger partial charge in [0.2, 0.25) is 0 Å². The lowest BCUT2D eigenvalue weighted by Crippen LogP contribution is -2.58. The zero-order chi connectivity index (χ0) is 79.3. The van der Waals surface area contributed by atoms with Gasteiger partial charge in [0.15, 0.2) is 18.4 Å². The van der Waals surface area contributed by atoms with Gasteiger partial charge in [-0.05, 0) is 94.9 Å². The molecular weight excluding hydrogens is 1380 g/mol. The van der Waals surface area contributed by atoms with Crippen molar-refractivity contribution in [2.75, 3.05) is 34.0 Å². The van der Waals surface area contributed by atoms with Crippen molar-refractivity contribution in [2.24, 2.45) is 23.7 Å². The first-order valence-corrected chi connectivity index (χ1v) is 41.0. The van der Waals surface area contributed by atoms with E-state index in [4.69, 9.17) is 63.3 Å². The fourth-order valence-corrected chi connectivity index (χ4v) is 15.7. The number of terminal acetylenes is 1. The number of aliphatic hydroxyl groups is 7. The van der Waals surface area contributed by atoms with Gasteiger partial charge in [-0.15, -0.1) is 18.9 Å². The fraction of sp³-hybridized carbons (Fsp3) is 0.802. The lowest BCUT2D eigenvalue weighted by molar-refractivity contribution is -0.318. The van der Waals surface area contributed by atoms with Crippen LogP contribution in [-0.2, 0) is 71.2 Å². The molecule has 1 aliphatic carbocycles. The minimum Gasteiger partial charge on any atom is -0.463 e. The van der Waals surface area contributed by atoms with Crippen LogP contribution >= 0.6 is 0 Å². The molecule has 6 heterocycles. The Morgan fingerprint density at radius 1 is 0.704 bits per heavy atom. The van der Waals surface area contributed by atoms with E-state index >= 15 is 0 Å². The molecule has 0 aromatic carbocycles. The van der Waals surface area contributed by atoms with Crippen molar-refractivity contribution in [3.8, 4) is 12.3 Å². The summed E-state index contributed by atoms with van der Waals surface area (Å²) in [6.07, 6.45) is 39.1. The van der Waals surface area contributed by atoms with Gasteiger partial charge in [-0.2, -0.15) is 0 Å². The summed E-state index contributed by atoms with van der Waals surface area (Å²) in [5, 5.41) is 73.1. The maximum absolute atomic E-state index is 14.3. The summed E-state index contributed by atoms with van der Waals surface area (Å²) in [7, 11) is 3.22. The van der Waals surface area contributed by atoms with E-state index in [1.807, 2.05) is 38.2 Å². The number of fused-ring (bicyclic) bond motifs is 2. The number of aliphatic hydroxyl groups excluding tert-OH is 6. The molecule has 108 heavy (non-hydrogen) atoms. The van der Waals surface area contributed by atoms with Crippen molar-refractivity contribution in [3.05, 3.63) is 71.9 Å². The highest BCUT2D eigenvalue weighted by atomic mass is 16.7. The second-order valence-electron chi connectivity index (χ2n) is 31.6. The van der Waals surface area contributed by atoms with E-state index in [9.17, 15) is 50.1 Å². The number of hydrogen-bond acceptors (Lipinski definition) is 22. The number of allylic oxidation sites excluding steroid dienone is 3. The van der Waals surface area contributed by atoms with Crippen LogP contribution in [0.1, 0.15) is 262 Å². The van der Waals surface area contributed by atoms with E-state index in [0.717, 1.165) is 56.9 Å². The third-order valence-electron chi connectivity index (χ3n) is 22.4. The molecule has 22 heteroatoms. The SMILES string of the molecule is C#CCCCCCCCCCCCC(O)CC(O)COC(C)=O.C=CCCCCCCCCCCCC(O)CC(O)COC(C)=O.CCC(C)C1OC2(C=CC1C)CC1CC(CC=C(C)C(OC3CC(OC)C(OC4CC(OC)C(O)C(C)O4)C(C)O3)C(C)C=CC=C3COC4C(O)C(C)=CC(C(=O)O1)C34O)O2. The van der Waals surface area contributed by atoms with Gasteiger partial charge < -0.3 is 92.6 Å². The van der Waals surface area contributed by atoms with Crippen LogP contribution in [0.3, 0.4) is 0 Å². The molecular formula is C86H142O22. The highest BCUT2D eigenvalue weighted by Crippen LogP contribution is 2.47. The van der Waals surface area contributed by atoms with Crippen LogP contribution in [0.5, 0.6) is 0 Å². The van der Waals surface area contributed by atoms with Gasteiger partial charge in [0, 0.05) is 84.8 Å². The smallest absolute Gasteiger partial charge is 0.316 e. The number of esters is 3. The average Bonchev–Trinajstić information content (AvgIpc) is 1.53. The Kier molecular flexibility index (Phi) is 43.8. The molecule has 6 aliphatic heterocycles. The Balaban J connectivity index is 0.000000373. The van der Waals surface area contributed by atoms with Crippen molar-refractivity contribution < 1.29 is 107 Å². The summed E-state index contributed by atoms with van der Waals surface area (Å²) in [4.78, 5) is 35.6. The van der Waals surface area contributed by atoms with Gasteiger partial charge in [-0.3, -0.25) is 14.4 Å². The first-order valence-electron chi connectivity index (χ1n) is 41.0. The van der Waals surface area contributed by atoms with Crippen LogP contribution in [0.25, 0.3) is 0 Å². The minimum atomic E-state index is -1.84. The Labute approximate surface area is 647 Å². The van der Waals surface area contributed by atoms with Gasteiger partial charge in [-0.25, -0.2) is 0 Å². The van der Waals surface area contributed by atoms with E-state index in [0.29, 0.717) is 56.1 Å². The molecule has 24 unspecified atom stereocenters. The summed E-state index contributed by atoms with van der Waals surface area (Å²) in [5.74, 6) is -0.707. The molecule has 24 atom stereocenters. The second kappa shape index (κ2) is 50.1. The lowest BCUT2D eigenvalue weighted by Gasteiger charge is -2.48. The van der Waals surface area contributed by atoms with E-state index in [2.05, 4.69) is 52.3 Å². The molecule has 0 saturated carbocycles. The highest BCUT2D eigenvalue weighted by molar-refractivity contribution is 5.78. The van der Waals surface area contributed by atoms with Crippen molar-refractivity contribution >= 4 is 17.9 Å². The number of methoxy groups -OCH3 is 2. The van der Waals surface area contributed by atoms with E-state index in [1.54, 1.807) is 40.2 Å². The lowest BCUT2D eigenvalue weighted by atomic mass is 9.71. The largest absolute Gasteiger partial charge is 0.463 e. The van der Waals surface area contributed by atoms with Gasteiger partial charge in [0.25, 0.3) is 0 Å². The Bertz CT molecular complexity index is 2800. The van der Waals surface area contributed by atoms with Crippen LogP contribution in [0.4, 0.5) is 0 Å². The molecule has 0 aromatic heterocycles.